The molecule has 0 spiro atoms. The van der Waals surface area contributed by atoms with Gasteiger partial charge in [-0.25, -0.2) is 0 Å². The summed E-state index contributed by atoms with van der Waals surface area (Å²) in [5.41, 5.74) is 0.210. The molecule has 1 aliphatic heterocycles. The SMILES string of the molecule is Cl.FC(F)(F)c1ccc(/C=C/[C@H]2CCNC2)cc1. The number of rotatable bonds is 2. The van der Waals surface area contributed by atoms with Gasteiger partial charge in [-0.15, -0.1) is 12.4 Å². The normalized spacial score (nSPS) is 20.1. The lowest BCUT2D eigenvalue weighted by atomic mass is 10.1. The van der Waals surface area contributed by atoms with Crippen LogP contribution in [-0.4, -0.2) is 13.1 Å². The fourth-order valence-electron chi connectivity index (χ4n) is 1.87. The van der Waals surface area contributed by atoms with Crippen molar-refractivity contribution in [2.45, 2.75) is 12.6 Å². The van der Waals surface area contributed by atoms with Gasteiger partial charge in [0.1, 0.15) is 0 Å². The molecule has 0 unspecified atom stereocenters. The van der Waals surface area contributed by atoms with Crippen molar-refractivity contribution in [3.05, 3.63) is 41.5 Å². The van der Waals surface area contributed by atoms with Gasteiger partial charge < -0.3 is 5.32 Å². The van der Waals surface area contributed by atoms with Gasteiger partial charge in [-0.1, -0.05) is 24.3 Å². The van der Waals surface area contributed by atoms with E-state index in [0.717, 1.165) is 37.2 Å². The van der Waals surface area contributed by atoms with Crippen molar-refractivity contribution in [2.24, 2.45) is 5.92 Å². The molecule has 5 heteroatoms. The molecule has 100 valence electrons. The van der Waals surface area contributed by atoms with Gasteiger partial charge in [-0.05, 0) is 36.6 Å². The van der Waals surface area contributed by atoms with E-state index >= 15 is 0 Å². The minimum absolute atomic E-state index is 0. The average molecular weight is 278 g/mol. The van der Waals surface area contributed by atoms with E-state index < -0.39 is 11.7 Å². The molecule has 1 atom stereocenters. The Morgan fingerprint density at radius 2 is 1.83 bits per heavy atom. The topological polar surface area (TPSA) is 12.0 Å². The molecule has 0 aliphatic carbocycles. The second kappa shape index (κ2) is 6.25. The molecular formula is C13H15ClF3N. The first-order chi connectivity index (χ1) is 8.05. The van der Waals surface area contributed by atoms with Crippen molar-refractivity contribution < 1.29 is 13.2 Å². The molecule has 1 aromatic carbocycles. The Labute approximate surface area is 110 Å². The van der Waals surface area contributed by atoms with Gasteiger partial charge in [0.2, 0.25) is 0 Å². The van der Waals surface area contributed by atoms with Crippen LogP contribution in [0.4, 0.5) is 13.2 Å². The monoisotopic (exact) mass is 277 g/mol. The molecular weight excluding hydrogens is 263 g/mol. The van der Waals surface area contributed by atoms with E-state index in [1.54, 1.807) is 0 Å². The van der Waals surface area contributed by atoms with E-state index in [-0.39, 0.29) is 12.4 Å². The van der Waals surface area contributed by atoms with Crippen LogP contribution >= 0.6 is 12.4 Å². The summed E-state index contributed by atoms with van der Waals surface area (Å²) in [5, 5.41) is 3.24. The fraction of sp³-hybridized carbons (Fsp3) is 0.385. The molecule has 1 saturated heterocycles. The van der Waals surface area contributed by atoms with E-state index in [4.69, 9.17) is 0 Å². The third kappa shape index (κ3) is 4.03. The van der Waals surface area contributed by atoms with Crippen LogP contribution in [0.3, 0.4) is 0 Å². The number of benzene rings is 1. The van der Waals surface area contributed by atoms with Crippen molar-refractivity contribution in [1.29, 1.82) is 0 Å². The Kier molecular flexibility index (Phi) is 5.23. The number of halogens is 4. The highest BCUT2D eigenvalue weighted by Crippen LogP contribution is 2.29. The van der Waals surface area contributed by atoms with Crippen molar-refractivity contribution in [3.63, 3.8) is 0 Å². The van der Waals surface area contributed by atoms with Gasteiger partial charge in [0.25, 0.3) is 0 Å². The maximum Gasteiger partial charge on any atom is 0.416 e. The molecule has 2 rings (SSSR count). The Bertz CT molecular complexity index is 392. The highest BCUT2D eigenvalue weighted by molar-refractivity contribution is 5.85. The highest BCUT2D eigenvalue weighted by Gasteiger charge is 2.29. The first-order valence-corrected chi connectivity index (χ1v) is 5.62. The Morgan fingerprint density at radius 3 is 2.33 bits per heavy atom. The molecule has 0 radical (unpaired) electrons. The molecule has 0 bridgehead atoms. The van der Waals surface area contributed by atoms with Crippen molar-refractivity contribution in [2.75, 3.05) is 13.1 Å². The summed E-state index contributed by atoms with van der Waals surface area (Å²) in [6.07, 6.45) is 0.787. The number of nitrogens with one attached hydrogen (secondary N) is 1. The predicted molar refractivity (Wildman–Crippen MR) is 68.7 cm³/mol. The van der Waals surface area contributed by atoms with Crippen LogP contribution in [0, 0.1) is 5.92 Å². The summed E-state index contributed by atoms with van der Waals surface area (Å²) in [6, 6.07) is 5.24. The van der Waals surface area contributed by atoms with Gasteiger partial charge >= 0.3 is 6.18 Å². The molecule has 1 aromatic rings. The van der Waals surface area contributed by atoms with Crippen molar-refractivity contribution in [3.8, 4) is 0 Å². The summed E-state index contributed by atoms with van der Waals surface area (Å²) in [5.74, 6) is 0.497. The van der Waals surface area contributed by atoms with Crippen LogP contribution in [0.5, 0.6) is 0 Å². The molecule has 1 nitrogen and oxygen atoms in total. The first-order valence-electron chi connectivity index (χ1n) is 5.62. The van der Waals surface area contributed by atoms with Crippen LogP contribution in [-0.2, 0) is 6.18 Å². The molecule has 18 heavy (non-hydrogen) atoms. The number of alkyl halides is 3. The highest BCUT2D eigenvalue weighted by atomic mass is 35.5. The lowest BCUT2D eigenvalue weighted by Crippen LogP contribution is -2.07. The summed E-state index contributed by atoms with van der Waals surface area (Å²) >= 11 is 0. The van der Waals surface area contributed by atoms with Crippen molar-refractivity contribution in [1.82, 2.24) is 5.32 Å². The van der Waals surface area contributed by atoms with Gasteiger partial charge in [-0.2, -0.15) is 13.2 Å². The Hall–Kier alpha value is -1.00. The van der Waals surface area contributed by atoms with E-state index in [0.29, 0.717) is 5.92 Å². The van der Waals surface area contributed by atoms with Crippen LogP contribution < -0.4 is 5.32 Å². The minimum atomic E-state index is -4.25. The lowest BCUT2D eigenvalue weighted by molar-refractivity contribution is -0.137. The van der Waals surface area contributed by atoms with Crippen molar-refractivity contribution >= 4 is 18.5 Å². The number of hydrogen-bond donors (Lipinski definition) is 1. The Balaban J connectivity index is 0.00000162. The maximum atomic E-state index is 12.3. The van der Waals surface area contributed by atoms with Gasteiger partial charge in [0.15, 0.2) is 0 Å². The third-order valence-corrected chi connectivity index (χ3v) is 2.90. The maximum absolute atomic E-state index is 12.3. The summed E-state index contributed by atoms with van der Waals surface area (Å²) < 4.78 is 37.0. The molecule has 0 saturated carbocycles. The van der Waals surface area contributed by atoms with Crippen LogP contribution in [0.15, 0.2) is 30.3 Å². The standard InChI is InChI=1S/C13H14F3N.ClH/c14-13(15,16)12-5-3-10(4-6-12)1-2-11-7-8-17-9-11;/h1-6,11,17H,7-9H2;1H/b2-1+;/t11-;/m0./s1. The van der Waals surface area contributed by atoms with Gasteiger partial charge in [0.05, 0.1) is 5.56 Å². The smallest absolute Gasteiger partial charge is 0.316 e. The van der Waals surface area contributed by atoms with Crippen LogP contribution in [0.25, 0.3) is 6.08 Å². The van der Waals surface area contributed by atoms with Crippen LogP contribution in [0.2, 0.25) is 0 Å². The lowest BCUT2D eigenvalue weighted by Gasteiger charge is -2.06. The second-order valence-electron chi connectivity index (χ2n) is 4.23. The summed E-state index contributed by atoms with van der Waals surface area (Å²) in [6.45, 7) is 1.97. The second-order valence-corrected chi connectivity index (χ2v) is 4.23. The third-order valence-electron chi connectivity index (χ3n) is 2.90. The average Bonchev–Trinajstić information content (AvgIpc) is 2.78. The zero-order chi connectivity index (χ0) is 12.3. The van der Waals surface area contributed by atoms with Crippen LogP contribution in [0.1, 0.15) is 17.5 Å². The Morgan fingerprint density at radius 1 is 1.17 bits per heavy atom. The molecule has 1 fully saturated rings. The van der Waals surface area contributed by atoms with E-state index in [1.807, 2.05) is 6.08 Å². The molecule has 1 N–H and O–H groups in total. The quantitative estimate of drug-likeness (QED) is 0.868. The van der Waals surface area contributed by atoms with Gasteiger partial charge in [-0.3, -0.25) is 0 Å². The predicted octanol–water partition coefficient (Wildman–Crippen LogP) is 3.75. The zero-order valence-corrected chi connectivity index (χ0v) is 10.5. The first kappa shape index (κ1) is 15.1. The fourth-order valence-corrected chi connectivity index (χ4v) is 1.87. The van der Waals surface area contributed by atoms with E-state index in [2.05, 4.69) is 11.4 Å². The summed E-state index contributed by atoms with van der Waals surface area (Å²) in [4.78, 5) is 0. The molecule has 0 amide bonds. The minimum Gasteiger partial charge on any atom is -0.316 e. The molecule has 1 heterocycles. The zero-order valence-electron chi connectivity index (χ0n) is 9.70. The van der Waals surface area contributed by atoms with E-state index in [9.17, 15) is 13.2 Å². The number of hydrogen-bond acceptors (Lipinski definition) is 1. The summed E-state index contributed by atoms with van der Waals surface area (Å²) in [7, 11) is 0. The van der Waals surface area contributed by atoms with Gasteiger partial charge in [0, 0.05) is 6.54 Å². The largest absolute Gasteiger partial charge is 0.416 e. The molecule has 1 aliphatic rings. The van der Waals surface area contributed by atoms with E-state index in [1.165, 1.54) is 12.1 Å². The molecule has 0 aromatic heterocycles.